The maximum Gasteiger partial charge on any atom is 0.148 e. The highest BCUT2D eigenvalue weighted by Crippen LogP contribution is 2.43. The van der Waals surface area contributed by atoms with Crippen LogP contribution in [-0.4, -0.2) is 30.2 Å². The summed E-state index contributed by atoms with van der Waals surface area (Å²) in [5, 5.41) is 13.0. The average Bonchev–Trinajstić information content (AvgIpc) is 2.42. The molecule has 1 spiro atoms. The minimum absolute atomic E-state index is 0.239. The number of anilines is 1. The van der Waals surface area contributed by atoms with Gasteiger partial charge < -0.3 is 10.2 Å². The van der Waals surface area contributed by atoms with Gasteiger partial charge in [0, 0.05) is 12.1 Å². The van der Waals surface area contributed by atoms with E-state index in [1.165, 1.54) is 6.42 Å². The number of hydrogen-bond donors (Lipinski definition) is 1. The molecule has 0 radical (unpaired) electrons. The van der Waals surface area contributed by atoms with Crippen LogP contribution in [0.15, 0.2) is 6.07 Å². The molecule has 100 valence electrons. The van der Waals surface area contributed by atoms with Gasteiger partial charge in [-0.1, -0.05) is 11.6 Å². The van der Waals surface area contributed by atoms with Gasteiger partial charge in [0.2, 0.25) is 0 Å². The lowest BCUT2D eigenvalue weighted by Crippen LogP contribution is -2.64. The Labute approximate surface area is 118 Å². The lowest BCUT2D eigenvalue weighted by Gasteiger charge is -2.56. The third kappa shape index (κ3) is 1.98. The van der Waals surface area contributed by atoms with Crippen LogP contribution in [0.2, 0.25) is 5.02 Å². The van der Waals surface area contributed by atoms with Crippen LogP contribution >= 0.6 is 11.6 Å². The molecule has 0 atom stereocenters. The van der Waals surface area contributed by atoms with Crippen LogP contribution in [0.4, 0.5) is 5.82 Å². The summed E-state index contributed by atoms with van der Waals surface area (Å²) in [4.78, 5) is 6.90. The number of aryl methyl sites for hydroxylation is 1. The zero-order valence-electron chi connectivity index (χ0n) is 11.0. The first-order chi connectivity index (χ1) is 9.16. The van der Waals surface area contributed by atoms with Crippen molar-refractivity contribution in [1.82, 2.24) is 10.3 Å². The van der Waals surface area contributed by atoms with E-state index < -0.39 is 0 Å². The quantitative estimate of drug-likeness (QED) is 0.855. The lowest BCUT2D eigenvalue weighted by molar-refractivity contribution is 0.204. The van der Waals surface area contributed by atoms with Crippen molar-refractivity contribution in [3.8, 4) is 6.07 Å². The van der Waals surface area contributed by atoms with E-state index in [0.717, 1.165) is 44.0 Å². The highest BCUT2D eigenvalue weighted by molar-refractivity contribution is 6.33. The molecule has 5 heteroatoms. The van der Waals surface area contributed by atoms with Gasteiger partial charge in [0.25, 0.3) is 0 Å². The fraction of sp³-hybridized carbons (Fsp3) is 0.571. The molecule has 3 heterocycles. The third-order valence-electron chi connectivity index (χ3n) is 4.43. The Kier molecular flexibility index (Phi) is 3.12. The highest BCUT2D eigenvalue weighted by Gasteiger charge is 2.46. The molecule has 0 aliphatic carbocycles. The zero-order valence-corrected chi connectivity index (χ0v) is 11.8. The summed E-state index contributed by atoms with van der Waals surface area (Å²) < 4.78 is 0. The van der Waals surface area contributed by atoms with Crippen molar-refractivity contribution in [3.05, 3.63) is 22.3 Å². The smallest absolute Gasteiger partial charge is 0.148 e. The summed E-state index contributed by atoms with van der Waals surface area (Å²) in [5.74, 6) is 0.853. The van der Waals surface area contributed by atoms with Crippen molar-refractivity contribution >= 4 is 17.4 Å². The van der Waals surface area contributed by atoms with Crippen molar-refractivity contribution in [2.45, 2.75) is 31.7 Å². The Hall–Kier alpha value is -1.31. The van der Waals surface area contributed by atoms with Crippen molar-refractivity contribution in [3.63, 3.8) is 0 Å². The lowest BCUT2D eigenvalue weighted by atomic mass is 9.77. The fourth-order valence-electron chi connectivity index (χ4n) is 3.15. The average molecular weight is 277 g/mol. The molecule has 3 rings (SSSR count). The summed E-state index contributed by atoms with van der Waals surface area (Å²) >= 11 is 6.32. The second kappa shape index (κ2) is 4.66. The van der Waals surface area contributed by atoms with Crippen LogP contribution in [0.5, 0.6) is 0 Å². The maximum atomic E-state index is 9.02. The zero-order chi connectivity index (χ0) is 13.5. The molecule has 2 aliphatic rings. The molecule has 0 unspecified atom stereocenters. The van der Waals surface area contributed by atoms with Gasteiger partial charge in [0.15, 0.2) is 0 Å². The van der Waals surface area contributed by atoms with Gasteiger partial charge in [-0.25, -0.2) is 4.98 Å². The highest BCUT2D eigenvalue weighted by atomic mass is 35.5. The molecule has 0 saturated carbocycles. The van der Waals surface area contributed by atoms with E-state index in [-0.39, 0.29) is 5.54 Å². The van der Waals surface area contributed by atoms with Crippen molar-refractivity contribution < 1.29 is 0 Å². The largest absolute Gasteiger partial charge is 0.349 e. The van der Waals surface area contributed by atoms with Crippen molar-refractivity contribution in [2.75, 3.05) is 24.5 Å². The maximum absolute atomic E-state index is 9.02. The van der Waals surface area contributed by atoms with Gasteiger partial charge in [0.05, 0.1) is 16.3 Å². The first-order valence-electron chi connectivity index (χ1n) is 6.72. The van der Waals surface area contributed by atoms with Crippen LogP contribution in [-0.2, 0) is 0 Å². The van der Waals surface area contributed by atoms with Gasteiger partial charge >= 0.3 is 0 Å². The number of pyridine rings is 1. The Morgan fingerprint density at radius 3 is 2.74 bits per heavy atom. The van der Waals surface area contributed by atoms with Crippen LogP contribution in [0, 0.1) is 18.3 Å². The molecule has 4 nitrogen and oxygen atoms in total. The van der Waals surface area contributed by atoms with E-state index in [9.17, 15) is 0 Å². The van der Waals surface area contributed by atoms with Gasteiger partial charge in [0.1, 0.15) is 11.9 Å². The molecule has 2 saturated heterocycles. The summed E-state index contributed by atoms with van der Waals surface area (Å²) in [6.45, 7) is 5.00. The topological polar surface area (TPSA) is 52.0 Å². The molecular weight excluding hydrogens is 260 g/mol. The van der Waals surface area contributed by atoms with E-state index in [1.807, 2.05) is 6.92 Å². The van der Waals surface area contributed by atoms with E-state index in [4.69, 9.17) is 16.9 Å². The Morgan fingerprint density at radius 1 is 1.42 bits per heavy atom. The van der Waals surface area contributed by atoms with Crippen LogP contribution in [0.3, 0.4) is 0 Å². The number of nitrogens with one attached hydrogen (secondary N) is 1. The summed E-state index contributed by atoms with van der Waals surface area (Å²) in [6.07, 6.45) is 3.50. The van der Waals surface area contributed by atoms with Crippen LogP contribution < -0.4 is 10.2 Å². The Bertz CT molecular complexity index is 543. The second-order valence-corrected chi connectivity index (χ2v) is 5.82. The monoisotopic (exact) mass is 276 g/mol. The number of nitrogens with zero attached hydrogens (tertiary/aromatic N) is 3. The molecule has 2 aliphatic heterocycles. The SMILES string of the molecule is Cc1nc(N2CCC23CCNCC3)c(Cl)cc1C#N. The first-order valence-corrected chi connectivity index (χ1v) is 7.10. The first kappa shape index (κ1) is 12.7. The molecule has 1 aromatic heterocycles. The van der Waals surface area contributed by atoms with Gasteiger partial charge in [-0.15, -0.1) is 0 Å². The summed E-state index contributed by atoms with van der Waals surface area (Å²) in [6, 6.07) is 3.88. The fourth-order valence-corrected chi connectivity index (χ4v) is 3.41. The molecular formula is C14H17ClN4. The molecule has 19 heavy (non-hydrogen) atoms. The molecule has 1 N–H and O–H groups in total. The number of rotatable bonds is 1. The minimum atomic E-state index is 0.239. The standard InChI is InChI=1S/C14H17ClN4/c1-10-11(9-16)8-12(15)13(18-10)19-7-4-14(19)2-5-17-6-3-14/h8,17H,2-7H2,1H3. The number of hydrogen-bond acceptors (Lipinski definition) is 4. The van der Waals surface area contributed by atoms with Gasteiger partial charge in [-0.2, -0.15) is 5.26 Å². The van der Waals surface area contributed by atoms with Crippen molar-refractivity contribution in [2.24, 2.45) is 0 Å². The summed E-state index contributed by atoms with van der Waals surface area (Å²) in [5.41, 5.74) is 1.56. The third-order valence-corrected chi connectivity index (χ3v) is 4.71. The van der Waals surface area contributed by atoms with E-state index in [0.29, 0.717) is 10.6 Å². The number of nitriles is 1. The van der Waals surface area contributed by atoms with Gasteiger partial charge in [-0.05, 0) is 45.3 Å². The van der Waals surface area contributed by atoms with Gasteiger partial charge in [-0.3, -0.25) is 0 Å². The second-order valence-electron chi connectivity index (χ2n) is 5.41. The van der Waals surface area contributed by atoms with E-state index in [1.54, 1.807) is 6.07 Å². The summed E-state index contributed by atoms with van der Waals surface area (Å²) in [7, 11) is 0. The molecule has 1 aromatic rings. The molecule has 0 aromatic carbocycles. The molecule has 0 amide bonds. The molecule has 2 fully saturated rings. The number of piperidine rings is 1. The normalized spacial score (nSPS) is 21.0. The van der Waals surface area contributed by atoms with E-state index in [2.05, 4.69) is 21.3 Å². The number of aromatic nitrogens is 1. The van der Waals surface area contributed by atoms with E-state index >= 15 is 0 Å². The van der Waals surface area contributed by atoms with Crippen molar-refractivity contribution in [1.29, 1.82) is 5.26 Å². The predicted octanol–water partition coefficient (Wildman–Crippen LogP) is 2.25. The minimum Gasteiger partial charge on any atom is -0.349 e. The molecule has 0 bridgehead atoms. The van der Waals surface area contributed by atoms with Crippen LogP contribution in [0.25, 0.3) is 0 Å². The number of halogens is 1. The Balaban J connectivity index is 1.95. The van der Waals surface area contributed by atoms with Crippen LogP contribution in [0.1, 0.15) is 30.5 Å². The predicted molar refractivity (Wildman–Crippen MR) is 75.5 cm³/mol. The Morgan fingerprint density at radius 2 is 2.16 bits per heavy atom.